The molecular weight excluding hydrogens is 312 g/mol. The highest BCUT2D eigenvalue weighted by Gasteiger charge is 2.28. The number of guanidine groups is 1. The van der Waals surface area contributed by atoms with E-state index in [9.17, 15) is 8.42 Å². The first-order valence-corrected chi connectivity index (χ1v) is 9.68. The average Bonchev–Trinajstić information content (AvgIpc) is 2.91. The summed E-state index contributed by atoms with van der Waals surface area (Å²) in [7, 11) is -3.34. The Morgan fingerprint density at radius 2 is 2.09 bits per heavy atom. The quantitative estimate of drug-likeness (QED) is 0.606. The third-order valence-electron chi connectivity index (χ3n) is 3.57. The summed E-state index contributed by atoms with van der Waals surface area (Å²) in [6, 6.07) is 7.92. The predicted molar refractivity (Wildman–Crippen MR) is 95.5 cm³/mol. The molecule has 1 aliphatic rings. The summed E-state index contributed by atoms with van der Waals surface area (Å²) in [6.07, 6.45) is 0.774. The maximum atomic E-state index is 12.6. The van der Waals surface area contributed by atoms with Gasteiger partial charge in [0.05, 0.1) is 18.0 Å². The van der Waals surface area contributed by atoms with Crippen LogP contribution in [0.2, 0.25) is 0 Å². The molecule has 1 heterocycles. The van der Waals surface area contributed by atoms with E-state index in [1.165, 1.54) is 4.31 Å². The maximum Gasteiger partial charge on any atom is 0.237 e. The van der Waals surface area contributed by atoms with Crippen LogP contribution >= 0.6 is 0 Å². The molecule has 0 radical (unpaired) electrons. The molecule has 0 bridgehead atoms. The van der Waals surface area contributed by atoms with Gasteiger partial charge in [0.2, 0.25) is 10.0 Å². The Morgan fingerprint density at radius 1 is 1.35 bits per heavy atom. The molecule has 1 aliphatic heterocycles. The molecule has 128 valence electrons. The summed E-state index contributed by atoms with van der Waals surface area (Å²) in [6.45, 7) is 7.52. The zero-order valence-electron chi connectivity index (χ0n) is 14.0. The van der Waals surface area contributed by atoms with E-state index in [1.807, 2.05) is 45.0 Å². The molecule has 2 N–H and O–H groups in total. The number of nitrogens with zero attached hydrogens (tertiary/aromatic N) is 2. The minimum Gasteiger partial charge on any atom is -0.357 e. The second kappa shape index (κ2) is 7.68. The standard InChI is InChI=1S/C16H26N4O2S/c1-4-17-16(19-13(2)3)18-10-12-23(21,22)20-11-9-14-7-5-6-8-15(14)20/h5-8,13H,4,9-12H2,1-3H3,(H2,17,18,19). The molecule has 6 nitrogen and oxygen atoms in total. The molecule has 0 atom stereocenters. The highest BCUT2D eigenvalue weighted by atomic mass is 32.2. The number of benzene rings is 1. The summed E-state index contributed by atoms with van der Waals surface area (Å²) in [5.41, 5.74) is 1.90. The summed E-state index contributed by atoms with van der Waals surface area (Å²) >= 11 is 0. The largest absolute Gasteiger partial charge is 0.357 e. The van der Waals surface area contributed by atoms with Crippen LogP contribution in [-0.4, -0.2) is 45.8 Å². The smallest absolute Gasteiger partial charge is 0.237 e. The van der Waals surface area contributed by atoms with Crippen molar-refractivity contribution in [3.63, 3.8) is 0 Å². The van der Waals surface area contributed by atoms with Gasteiger partial charge in [-0.25, -0.2) is 8.42 Å². The van der Waals surface area contributed by atoms with E-state index in [0.717, 1.165) is 24.2 Å². The Hall–Kier alpha value is -1.76. The molecule has 0 fully saturated rings. The van der Waals surface area contributed by atoms with Crippen molar-refractivity contribution in [3.05, 3.63) is 29.8 Å². The molecule has 0 aromatic heterocycles. The number of anilines is 1. The highest BCUT2D eigenvalue weighted by Crippen LogP contribution is 2.29. The van der Waals surface area contributed by atoms with Crippen LogP contribution in [0.3, 0.4) is 0 Å². The van der Waals surface area contributed by atoms with Gasteiger partial charge in [-0.15, -0.1) is 0 Å². The van der Waals surface area contributed by atoms with Crippen LogP contribution in [0, 0.1) is 0 Å². The molecule has 0 saturated heterocycles. The van der Waals surface area contributed by atoms with Crippen LogP contribution in [0.4, 0.5) is 5.69 Å². The van der Waals surface area contributed by atoms with Gasteiger partial charge in [-0.3, -0.25) is 9.30 Å². The average molecular weight is 338 g/mol. The molecule has 2 rings (SSSR count). The second-order valence-electron chi connectivity index (χ2n) is 5.83. The van der Waals surface area contributed by atoms with Crippen LogP contribution in [0.25, 0.3) is 0 Å². The van der Waals surface area contributed by atoms with Crippen molar-refractivity contribution >= 4 is 21.7 Å². The van der Waals surface area contributed by atoms with Crippen molar-refractivity contribution in [3.8, 4) is 0 Å². The number of aliphatic imine (C=N–C) groups is 1. The topological polar surface area (TPSA) is 73.8 Å². The molecule has 0 amide bonds. The van der Waals surface area contributed by atoms with Crippen LogP contribution in [0.15, 0.2) is 29.3 Å². The van der Waals surface area contributed by atoms with E-state index in [0.29, 0.717) is 12.5 Å². The monoisotopic (exact) mass is 338 g/mol. The van der Waals surface area contributed by atoms with Gasteiger partial charge in [-0.05, 0) is 38.8 Å². The highest BCUT2D eigenvalue weighted by molar-refractivity contribution is 7.92. The second-order valence-corrected chi connectivity index (χ2v) is 7.84. The van der Waals surface area contributed by atoms with Crippen molar-refractivity contribution in [1.82, 2.24) is 10.6 Å². The summed E-state index contributed by atoms with van der Waals surface area (Å²) in [5.74, 6) is 0.662. The Kier molecular flexibility index (Phi) is 5.87. The SMILES string of the molecule is CCNC(=NCCS(=O)(=O)N1CCc2ccccc21)NC(C)C. The zero-order valence-corrected chi connectivity index (χ0v) is 14.9. The molecule has 23 heavy (non-hydrogen) atoms. The molecule has 0 saturated carbocycles. The van der Waals surface area contributed by atoms with E-state index < -0.39 is 10.0 Å². The van der Waals surface area contributed by atoms with Crippen molar-refractivity contribution < 1.29 is 8.42 Å². The first-order chi connectivity index (χ1) is 10.9. The Bertz CT molecular complexity index is 656. The minimum atomic E-state index is -3.34. The van der Waals surface area contributed by atoms with Crippen LogP contribution in [0.5, 0.6) is 0 Å². The van der Waals surface area contributed by atoms with Crippen LogP contribution in [0.1, 0.15) is 26.3 Å². The molecule has 7 heteroatoms. The fraction of sp³-hybridized carbons (Fsp3) is 0.562. The van der Waals surface area contributed by atoms with Crippen molar-refractivity contribution in [2.24, 2.45) is 4.99 Å². The molecule has 0 aliphatic carbocycles. The minimum absolute atomic E-state index is 0.00992. The third kappa shape index (κ3) is 4.60. The van der Waals surface area contributed by atoms with Gasteiger partial charge >= 0.3 is 0 Å². The molecule has 1 aromatic carbocycles. The Morgan fingerprint density at radius 3 is 2.78 bits per heavy atom. The van der Waals surface area contributed by atoms with E-state index in [1.54, 1.807) is 0 Å². The molecule has 0 spiro atoms. The van der Waals surface area contributed by atoms with Gasteiger partial charge in [0.15, 0.2) is 5.96 Å². The van der Waals surface area contributed by atoms with Crippen LogP contribution < -0.4 is 14.9 Å². The maximum absolute atomic E-state index is 12.6. The van der Waals surface area contributed by atoms with Gasteiger partial charge in [0.25, 0.3) is 0 Å². The van der Waals surface area contributed by atoms with Gasteiger partial charge in [-0.1, -0.05) is 18.2 Å². The summed E-state index contributed by atoms with van der Waals surface area (Å²) in [4.78, 5) is 4.35. The molecular formula is C16H26N4O2S. The van der Waals surface area contributed by atoms with E-state index >= 15 is 0 Å². The van der Waals surface area contributed by atoms with E-state index in [2.05, 4.69) is 15.6 Å². The van der Waals surface area contributed by atoms with Crippen molar-refractivity contribution in [2.75, 3.05) is 29.7 Å². The van der Waals surface area contributed by atoms with E-state index in [4.69, 9.17) is 0 Å². The van der Waals surface area contributed by atoms with Crippen molar-refractivity contribution in [1.29, 1.82) is 0 Å². The van der Waals surface area contributed by atoms with Gasteiger partial charge in [0.1, 0.15) is 0 Å². The Labute approximate surface area is 139 Å². The van der Waals surface area contributed by atoms with Gasteiger partial charge in [-0.2, -0.15) is 0 Å². The van der Waals surface area contributed by atoms with E-state index in [-0.39, 0.29) is 18.3 Å². The number of sulfonamides is 1. The van der Waals surface area contributed by atoms with Crippen LogP contribution in [-0.2, 0) is 16.4 Å². The lowest BCUT2D eigenvalue weighted by atomic mass is 10.2. The lowest BCUT2D eigenvalue weighted by Gasteiger charge is -2.19. The third-order valence-corrected chi connectivity index (χ3v) is 5.32. The lowest BCUT2D eigenvalue weighted by Crippen LogP contribution is -2.41. The number of hydrogen-bond acceptors (Lipinski definition) is 3. The number of hydrogen-bond donors (Lipinski definition) is 2. The zero-order chi connectivity index (χ0) is 16.9. The Balaban J connectivity index is 2.02. The van der Waals surface area contributed by atoms with Crippen molar-refractivity contribution in [2.45, 2.75) is 33.2 Å². The normalized spacial score (nSPS) is 15.0. The van der Waals surface area contributed by atoms with Gasteiger partial charge in [0, 0.05) is 19.1 Å². The van der Waals surface area contributed by atoms with Gasteiger partial charge < -0.3 is 10.6 Å². The number of fused-ring (bicyclic) bond motifs is 1. The number of rotatable bonds is 6. The fourth-order valence-corrected chi connectivity index (χ4v) is 3.96. The molecule has 1 aromatic rings. The first-order valence-electron chi connectivity index (χ1n) is 8.07. The summed E-state index contributed by atoms with van der Waals surface area (Å²) < 4.78 is 26.7. The number of nitrogens with one attached hydrogen (secondary N) is 2. The number of para-hydroxylation sites is 1. The lowest BCUT2D eigenvalue weighted by molar-refractivity contribution is 0.592. The summed E-state index contributed by atoms with van der Waals surface area (Å²) in [5, 5.41) is 6.30. The first kappa shape index (κ1) is 17.6. The predicted octanol–water partition coefficient (Wildman–Crippen LogP) is 1.34. The fourth-order valence-electron chi connectivity index (χ4n) is 2.57. The molecule has 0 unspecified atom stereocenters.